The second-order valence-corrected chi connectivity index (χ2v) is 6.47. The lowest BCUT2D eigenvalue weighted by Crippen LogP contribution is -2.48. The van der Waals surface area contributed by atoms with Crippen molar-refractivity contribution in [3.63, 3.8) is 0 Å². The van der Waals surface area contributed by atoms with E-state index in [4.69, 9.17) is 0 Å². The lowest BCUT2D eigenvalue weighted by atomic mass is 10.0. The molecule has 0 spiro atoms. The molecule has 0 amide bonds. The van der Waals surface area contributed by atoms with E-state index < -0.39 is 0 Å². The number of non-ortho nitro benzene ring substituents is 1. The Kier molecular flexibility index (Phi) is 10.5. The Morgan fingerprint density at radius 3 is 2.73 bits per heavy atom. The van der Waals surface area contributed by atoms with Gasteiger partial charge in [-0.25, -0.2) is 0 Å². The molecule has 26 heavy (non-hydrogen) atoms. The largest absolute Gasteiger partial charge is 0.354 e. The molecule has 1 saturated heterocycles. The van der Waals surface area contributed by atoms with Crippen molar-refractivity contribution in [3.05, 3.63) is 39.9 Å². The van der Waals surface area contributed by atoms with Gasteiger partial charge in [-0.1, -0.05) is 25.5 Å². The van der Waals surface area contributed by atoms with Gasteiger partial charge in [-0.15, -0.1) is 24.0 Å². The summed E-state index contributed by atoms with van der Waals surface area (Å²) >= 11 is 0. The van der Waals surface area contributed by atoms with Crippen LogP contribution in [0.4, 0.5) is 5.69 Å². The van der Waals surface area contributed by atoms with Crippen molar-refractivity contribution in [2.24, 2.45) is 4.99 Å². The van der Waals surface area contributed by atoms with E-state index in [1.165, 1.54) is 25.5 Å². The first-order valence-electron chi connectivity index (χ1n) is 9.05. The van der Waals surface area contributed by atoms with Crippen LogP contribution in [0.25, 0.3) is 0 Å². The second kappa shape index (κ2) is 12.1. The average Bonchev–Trinajstić information content (AvgIpc) is 2.64. The quantitative estimate of drug-likeness (QED) is 0.208. The molecule has 8 heteroatoms. The highest BCUT2D eigenvalue weighted by atomic mass is 127. The van der Waals surface area contributed by atoms with Crippen molar-refractivity contribution < 1.29 is 4.92 Å². The number of rotatable bonds is 7. The smallest absolute Gasteiger partial charge is 0.269 e. The molecule has 0 radical (unpaired) electrons. The topological polar surface area (TPSA) is 82.8 Å². The van der Waals surface area contributed by atoms with Crippen LogP contribution >= 0.6 is 24.0 Å². The second-order valence-electron chi connectivity index (χ2n) is 6.47. The van der Waals surface area contributed by atoms with Crippen molar-refractivity contribution in [1.82, 2.24) is 15.5 Å². The van der Waals surface area contributed by atoms with E-state index in [9.17, 15) is 10.1 Å². The molecule has 1 aromatic rings. The highest BCUT2D eigenvalue weighted by Crippen LogP contribution is 2.13. The number of hydrogen-bond donors (Lipinski definition) is 2. The van der Waals surface area contributed by atoms with Gasteiger partial charge in [0.15, 0.2) is 5.96 Å². The predicted octanol–water partition coefficient (Wildman–Crippen LogP) is 3.14. The lowest BCUT2D eigenvalue weighted by Gasteiger charge is -2.33. The van der Waals surface area contributed by atoms with Crippen molar-refractivity contribution in [2.45, 2.75) is 45.2 Å². The molecule has 2 rings (SSSR count). The molecular formula is C18H30IN5O2. The Hall–Kier alpha value is -1.42. The number of guanidine groups is 1. The average molecular weight is 475 g/mol. The number of unbranched alkanes of at least 4 members (excludes halogenated alkanes) is 1. The maximum Gasteiger partial charge on any atom is 0.269 e. The molecule has 1 aliphatic rings. The summed E-state index contributed by atoms with van der Waals surface area (Å²) in [6.07, 6.45) is 4.74. The van der Waals surface area contributed by atoms with E-state index in [1.807, 2.05) is 6.07 Å². The third kappa shape index (κ3) is 7.45. The first-order valence-corrected chi connectivity index (χ1v) is 9.05. The van der Waals surface area contributed by atoms with Crippen molar-refractivity contribution in [2.75, 3.05) is 26.7 Å². The molecule has 2 N–H and O–H groups in total. The van der Waals surface area contributed by atoms with Crippen LogP contribution in [0.2, 0.25) is 0 Å². The number of nitrogens with one attached hydrogen (secondary N) is 2. The number of likely N-dealkylation sites (tertiary alicyclic amines) is 1. The van der Waals surface area contributed by atoms with Gasteiger partial charge in [-0.3, -0.25) is 15.1 Å². The third-order valence-electron chi connectivity index (χ3n) is 4.56. The number of nitro groups is 1. The monoisotopic (exact) mass is 475 g/mol. The summed E-state index contributed by atoms with van der Waals surface area (Å²) in [5, 5.41) is 17.6. The molecule has 0 atom stereocenters. The maximum absolute atomic E-state index is 10.8. The van der Waals surface area contributed by atoms with Gasteiger partial charge >= 0.3 is 0 Å². The molecule has 1 fully saturated rings. The normalized spacial score (nSPS) is 16.0. The van der Waals surface area contributed by atoms with Crippen molar-refractivity contribution in [3.8, 4) is 0 Å². The summed E-state index contributed by atoms with van der Waals surface area (Å²) in [7, 11) is 1.75. The van der Waals surface area contributed by atoms with Crippen LogP contribution in [0.15, 0.2) is 29.3 Å². The fourth-order valence-corrected chi connectivity index (χ4v) is 3.04. The van der Waals surface area contributed by atoms with Crippen LogP contribution in [-0.2, 0) is 6.54 Å². The zero-order chi connectivity index (χ0) is 18.1. The number of halogens is 1. The molecule has 0 bridgehead atoms. The molecule has 0 unspecified atom stereocenters. The number of aliphatic imine (C=N–C) groups is 1. The molecule has 0 aliphatic carbocycles. The van der Waals surface area contributed by atoms with Crippen LogP contribution in [0, 0.1) is 10.1 Å². The summed E-state index contributed by atoms with van der Waals surface area (Å²) < 4.78 is 0. The number of nitro benzene ring substituents is 1. The molecular weight excluding hydrogens is 445 g/mol. The number of nitrogens with zero attached hydrogens (tertiary/aromatic N) is 3. The Labute approximate surface area is 172 Å². The van der Waals surface area contributed by atoms with E-state index in [0.29, 0.717) is 12.6 Å². The van der Waals surface area contributed by atoms with Crippen molar-refractivity contribution in [1.29, 1.82) is 0 Å². The van der Waals surface area contributed by atoms with Gasteiger partial charge in [0.2, 0.25) is 0 Å². The minimum absolute atomic E-state index is 0. The first-order chi connectivity index (χ1) is 12.1. The van der Waals surface area contributed by atoms with Gasteiger partial charge in [0, 0.05) is 44.9 Å². The van der Waals surface area contributed by atoms with E-state index >= 15 is 0 Å². The van der Waals surface area contributed by atoms with Crippen LogP contribution in [0.5, 0.6) is 0 Å². The zero-order valence-electron chi connectivity index (χ0n) is 15.6. The fourth-order valence-electron chi connectivity index (χ4n) is 3.04. The van der Waals surface area contributed by atoms with Gasteiger partial charge < -0.3 is 15.5 Å². The molecule has 1 aromatic carbocycles. The van der Waals surface area contributed by atoms with E-state index in [2.05, 4.69) is 27.4 Å². The lowest BCUT2D eigenvalue weighted by molar-refractivity contribution is -0.384. The Morgan fingerprint density at radius 1 is 1.38 bits per heavy atom. The SMILES string of the molecule is CCCCN1CCC(NC(=NC)NCc2cccc([N+](=O)[O-])c2)CC1.I. The van der Waals surface area contributed by atoms with Crippen LogP contribution < -0.4 is 10.6 Å². The van der Waals surface area contributed by atoms with Crippen LogP contribution in [0.1, 0.15) is 38.2 Å². The van der Waals surface area contributed by atoms with Crippen molar-refractivity contribution >= 4 is 35.6 Å². The number of benzene rings is 1. The molecule has 0 saturated carbocycles. The number of piperidine rings is 1. The minimum atomic E-state index is -0.372. The molecule has 146 valence electrons. The van der Waals surface area contributed by atoms with Gasteiger partial charge in [0.1, 0.15) is 0 Å². The van der Waals surface area contributed by atoms with Gasteiger partial charge in [-0.05, 0) is 31.4 Å². The third-order valence-corrected chi connectivity index (χ3v) is 4.56. The van der Waals surface area contributed by atoms with Gasteiger partial charge in [0.05, 0.1) is 4.92 Å². The van der Waals surface area contributed by atoms with E-state index in [1.54, 1.807) is 19.2 Å². The molecule has 1 heterocycles. The molecule has 0 aromatic heterocycles. The summed E-state index contributed by atoms with van der Waals surface area (Å²) in [4.78, 5) is 17.3. The summed E-state index contributed by atoms with van der Waals surface area (Å²) in [6.45, 7) is 6.18. The Balaban J connectivity index is 0.00000338. The molecule has 7 nitrogen and oxygen atoms in total. The van der Waals surface area contributed by atoms with E-state index in [0.717, 1.165) is 37.5 Å². The van der Waals surface area contributed by atoms with Crippen LogP contribution in [0.3, 0.4) is 0 Å². The number of hydrogen-bond acceptors (Lipinski definition) is 4. The Morgan fingerprint density at radius 2 is 2.12 bits per heavy atom. The summed E-state index contributed by atoms with van der Waals surface area (Å²) in [5.41, 5.74) is 0.980. The highest BCUT2D eigenvalue weighted by Gasteiger charge is 2.19. The minimum Gasteiger partial charge on any atom is -0.354 e. The van der Waals surface area contributed by atoms with Gasteiger partial charge in [-0.2, -0.15) is 0 Å². The standard InChI is InChI=1S/C18H29N5O2.HI/c1-3-4-10-22-11-8-16(9-12-22)21-18(19-2)20-14-15-6-5-7-17(13-15)23(24)25;/h5-7,13,16H,3-4,8-12,14H2,1-2H3,(H2,19,20,21);1H. The highest BCUT2D eigenvalue weighted by molar-refractivity contribution is 14.0. The summed E-state index contributed by atoms with van der Waals surface area (Å²) in [5.74, 6) is 0.749. The predicted molar refractivity (Wildman–Crippen MR) is 116 cm³/mol. The zero-order valence-corrected chi connectivity index (χ0v) is 17.9. The van der Waals surface area contributed by atoms with Gasteiger partial charge in [0.25, 0.3) is 5.69 Å². The summed E-state index contributed by atoms with van der Waals surface area (Å²) in [6, 6.07) is 7.10. The van der Waals surface area contributed by atoms with Crippen LogP contribution in [-0.4, -0.2) is 48.5 Å². The fraction of sp³-hybridized carbons (Fsp3) is 0.611. The maximum atomic E-state index is 10.8. The first kappa shape index (κ1) is 22.6. The van der Waals surface area contributed by atoms with E-state index in [-0.39, 0.29) is 34.6 Å². The molecule has 1 aliphatic heterocycles. The Bertz CT molecular complexity index is 589.